The molecule has 1 atom stereocenters. The molecular weight excluding hydrogens is 325 g/mol. The van der Waals surface area contributed by atoms with Crippen LogP contribution in [0.4, 0.5) is 13.2 Å². The number of halogens is 3. The van der Waals surface area contributed by atoms with Crippen LogP contribution in [0, 0.1) is 17.2 Å². The zero-order valence-electron chi connectivity index (χ0n) is 12.3. The van der Waals surface area contributed by atoms with Gasteiger partial charge in [0, 0.05) is 13.2 Å². The van der Waals surface area contributed by atoms with Crippen LogP contribution in [0.2, 0.25) is 0 Å². The van der Waals surface area contributed by atoms with Crippen LogP contribution in [0.25, 0.3) is 5.69 Å². The van der Waals surface area contributed by atoms with E-state index in [0.717, 1.165) is 16.8 Å². The number of alkyl halides is 3. The SMILES string of the molecule is CNC(=O)[C@@H](C#N)C(=O)c1ccn(-c2cccc(C(F)(F)F)c2)n1. The maximum absolute atomic E-state index is 12.7. The summed E-state index contributed by atoms with van der Waals surface area (Å²) in [4.78, 5) is 23.6. The monoisotopic (exact) mass is 336 g/mol. The number of carbonyl (C=O) groups excluding carboxylic acids is 2. The average Bonchev–Trinajstić information content (AvgIpc) is 3.04. The van der Waals surface area contributed by atoms with Gasteiger partial charge in [-0.3, -0.25) is 9.59 Å². The van der Waals surface area contributed by atoms with Crippen LogP contribution in [0.15, 0.2) is 36.5 Å². The summed E-state index contributed by atoms with van der Waals surface area (Å²) in [5, 5.41) is 15.0. The summed E-state index contributed by atoms with van der Waals surface area (Å²) in [5.74, 6) is -3.18. The Morgan fingerprint density at radius 3 is 2.62 bits per heavy atom. The molecule has 1 amide bonds. The molecule has 1 heterocycles. The van der Waals surface area contributed by atoms with Crippen LogP contribution in [-0.2, 0) is 11.0 Å². The molecule has 0 fully saturated rings. The molecular formula is C15H11F3N4O2. The van der Waals surface area contributed by atoms with Crippen LogP contribution in [0.1, 0.15) is 16.1 Å². The first-order chi connectivity index (χ1) is 11.3. The third-order valence-corrected chi connectivity index (χ3v) is 3.18. The van der Waals surface area contributed by atoms with E-state index < -0.39 is 29.3 Å². The Hall–Kier alpha value is -3.15. The Morgan fingerprint density at radius 2 is 2.04 bits per heavy atom. The summed E-state index contributed by atoms with van der Waals surface area (Å²) in [6.07, 6.45) is -3.23. The molecule has 2 rings (SSSR count). The van der Waals surface area contributed by atoms with E-state index in [4.69, 9.17) is 5.26 Å². The predicted molar refractivity (Wildman–Crippen MR) is 76.1 cm³/mol. The molecule has 0 aliphatic carbocycles. The summed E-state index contributed by atoms with van der Waals surface area (Å²) < 4.78 is 39.3. The second-order valence-corrected chi connectivity index (χ2v) is 4.73. The second-order valence-electron chi connectivity index (χ2n) is 4.73. The van der Waals surface area contributed by atoms with E-state index in [1.165, 1.54) is 31.4 Å². The zero-order valence-corrected chi connectivity index (χ0v) is 12.3. The molecule has 0 unspecified atom stereocenters. The first-order valence-corrected chi connectivity index (χ1v) is 6.66. The number of hydrogen-bond donors (Lipinski definition) is 1. The number of rotatable bonds is 4. The lowest BCUT2D eigenvalue weighted by atomic mass is 10.0. The summed E-state index contributed by atoms with van der Waals surface area (Å²) in [5.41, 5.74) is -0.955. The number of Topliss-reactive ketones (excluding diaryl/α,β-unsaturated/α-hetero) is 1. The Bertz CT molecular complexity index is 821. The fourth-order valence-electron chi connectivity index (χ4n) is 1.95. The van der Waals surface area contributed by atoms with Gasteiger partial charge in [-0.15, -0.1) is 0 Å². The highest BCUT2D eigenvalue weighted by atomic mass is 19.4. The van der Waals surface area contributed by atoms with Crippen LogP contribution in [0.5, 0.6) is 0 Å². The number of carbonyl (C=O) groups is 2. The standard InChI is InChI=1S/C15H11F3N4O2/c1-20-14(24)11(8-19)13(23)12-5-6-22(21-12)10-4-2-3-9(7-10)15(16,17)18/h2-7,11H,1H3,(H,20,24)/t11-/m0/s1. The predicted octanol–water partition coefficient (Wildman–Crippen LogP) is 1.96. The fourth-order valence-corrected chi connectivity index (χ4v) is 1.95. The van der Waals surface area contributed by atoms with E-state index in [-0.39, 0.29) is 11.4 Å². The third-order valence-electron chi connectivity index (χ3n) is 3.18. The lowest BCUT2D eigenvalue weighted by Gasteiger charge is -2.08. The molecule has 24 heavy (non-hydrogen) atoms. The number of aromatic nitrogens is 2. The highest BCUT2D eigenvalue weighted by molar-refractivity contribution is 6.11. The maximum atomic E-state index is 12.7. The van der Waals surface area contributed by atoms with E-state index in [9.17, 15) is 22.8 Å². The number of nitrogens with zero attached hydrogens (tertiary/aromatic N) is 3. The maximum Gasteiger partial charge on any atom is 0.416 e. The summed E-state index contributed by atoms with van der Waals surface area (Å²) >= 11 is 0. The molecule has 6 nitrogen and oxygen atoms in total. The smallest absolute Gasteiger partial charge is 0.358 e. The fraction of sp³-hybridized carbons (Fsp3) is 0.200. The van der Waals surface area contributed by atoms with Gasteiger partial charge in [-0.25, -0.2) is 4.68 Å². The Balaban J connectivity index is 2.33. The van der Waals surface area contributed by atoms with Crippen LogP contribution in [-0.4, -0.2) is 28.5 Å². The highest BCUT2D eigenvalue weighted by Gasteiger charge is 2.31. The van der Waals surface area contributed by atoms with Gasteiger partial charge < -0.3 is 5.32 Å². The van der Waals surface area contributed by atoms with Gasteiger partial charge in [-0.2, -0.15) is 23.5 Å². The van der Waals surface area contributed by atoms with Crippen molar-refractivity contribution in [3.05, 3.63) is 47.8 Å². The third kappa shape index (κ3) is 3.43. The van der Waals surface area contributed by atoms with Crippen LogP contribution < -0.4 is 5.32 Å². The molecule has 1 N–H and O–H groups in total. The van der Waals surface area contributed by atoms with E-state index in [0.29, 0.717) is 0 Å². The van der Waals surface area contributed by atoms with Crippen molar-refractivity contribution in [1.82, 2.24) is 15.1 Å². The van der Waals surface area contributed by atoms with Crippen molar-refractivity contribution in [3.8, 4) is 11.8 Å². The Labute approximate surface area is 134 Å². The van der Waals surface area contributed by atoms with Crippen molar-refractivity contribution in [1.29, 1.82) is 5.26 Å². The van der Waals surface area contributed by atoms with Crippen molar-refractivity contribution in [3.63, 3.8) is 0 Å². The zero-order chi connectivity index (χ0) is 17.9. The number of nitrogens with one attached hydrogen (secondary N) is 1. The van der Waals surface area contributed by atoms with E-state index in [1.54, 1.807) is 6.07 Å². The van der Waals surface area contributed by atoms with Gasteiger partial charge in [-0.05, 0) is 24.3 Å². The van der Waals surface area contributed by atoms with Gasteiger partial charge >= 0.3 is 6.18 Å². The molecule has 1 aromatic heterocycles. The summed E-state index contributed by atoms with van der Waals surface area (Å²) in [7, 11) is 1.28. The van der Waals surface area contributed by atoms with Crippen LogP contribution >= 0.6 is 0 Å². The molecule has 124 valence electrons. The lowest BCUT2D eigenvalue weighted by Crippen LogP contribution is -2.32. The Morgan fingerprint density at radius 1 is 1.33 bits per heavy atom. The van der Waals surface area contributed by atoms with Crippen molar-refractivity contribution in [2.45, 2.75) is 6.18 Å². The van der Waals surface area contributed by atoms with E-state index >= 15 is 0 Å². The minimum Gasteiger partial charge on any atom is -0.358 e. The molecule has 0 saturated carbocycles. The van der Waals surface area contributed by atoms with Crippen molar-refractivity contribution in [2.24, 2.45) is 5.92 Å². The minimum atomic E-state index is -4.51. The van der Waals surface area contributed by atoms with Crippen molar-refractivity contribution in [2.75, 3.05) is 7.05 Å². The molecule has 2 aromatic rings. The highest BCUT2D eigenvalue weighted by Crippen LogP contribution is 2.30. The molecule has 0 aliphatic rings. The summed E-state index contributed by atoms with van der Waals surface area (Å²) in [6.45, 7) is 0. The van der Waals surface area contributed by atoms with Crippen LogP contribution in [0.3, 0.4) is 0 Å². The number of amides is 1. The van der Waals surface area contributed by atoms with Gasteiger partial charge in [0.2, 0.25) is 11.7 Å². The van der Waals surface area contributed by atoms with Gasteiger partial charge in [0.1, 0.15) is 5.69 Å². The molecule has 0 spiro atoms. The topological polar surface area (TPSA) is 87.8 Å². The molecule has 0 radical (unpaired) electrons. The second kappa shape index (κ2) is 6.54. The Kier molecular flexibility index (Phi) is 4.69. The summed E-state index contributed by atoms with van der Waals surface area (Å²) in [6, 6.07) is 7.19. The number of hydrogen-bond acceptors (Lipinski definition) is 4. The van der Waals surface area contributed by atoms with Gasteiger partial charge in [0.05, 0.1) is 17.3 Å². The van der Waals surface area contributed by atoms with Crippen molar-refractivity contribution >= 4 is 11.7 Å². The quantitative estimate of drug-likeness (QED) is 0.683. The van der Waals surface area contributed by atoms with Gasteiger partial charge in [-0.1, -0.05) is 6.07 Å². The number of benzene rings is 1. The molecule has 0 aliphatic heterocycles. The van der Waals surface area contributed by atoms with E-state index in [2.05, 4.69) is 10.4 Å². The number of ketones is 1. The molecule has 1 aromatic carbocycles. The van der Waals surface area contributed by atoms with Crippen molar-refractivity contribution < 1.29 is 22.8 Å². The molecule has 0 bridgehead atoms. The first-order valence-electron chi connectivity index (χ1n) is 6.66. The van der Waals surface area contributed by atoms with Gasteiger partial charge in [0.15, 0.2) is 5.92 Å². The van der Waals surface area contributed by atoms with Gasteiger partial charge in [0.25, 0.3) is 0 Å². The minimum absolute atomic E-state index is 0.0947. The van der Waals surface area contributed by atoms with E-state index in [1.807, 2.05) is 0 Å². The number of nitriles is 1. The molecule has 9 heteroatoms. The molecule has 0 saturated heterocycles. The lowest BCUT2D eigenvalue weighted by molar-refractivity contribution is -0.137. The largest absolute Gasteiger partial charge is 0.416 e. The first kappa shape index (κ1) is 17.2. The average molecular weight is 336 g/mol. The normalized spacial score (nSPS) is 12.3.